The van der Waals surface area contributed by atoms with Gasteiger partial charge in [-0.1, -0.05) is 31.9 Å². The van der Waals surface area contributed by atoms with Crippen molar-refractivity contribution in [3.05, 3.63) is 77.1 Å². The van der Waals surface area contributed by atoms with Crippen molar-refractivity contribution in [3.8, 4) is 11.4 Å². The fourth-order valence-corrected chi connectivity index (χ4v) is 4.53. The number of aromatic nitrogens is 2. The van der Waals surface area contributed by atoms with Crippen molar-refractivity contribution in [2.24, 2.45) is 0 Å². The van der Waals surface area contributed by atoms with Crippen molar-refractivity contribution < 1.29 is 19.0 Å². The summed E-state index contributed by atoms with van der Waals surface area (Å²) >= 11 is 0. The molecule has 1 saturated carbocycles. The predicted octanol–water partition coefficient (Wildman–Crippen LogP) is 5.36. The number of nitrogens with zero attached hydrogens (tertiary/aromatic N) is 2. The zero-order valence-electron chi connectivity index (χ0n) is 17.9. The fourth-order valence-electron chi connectivity index (χ4n) is 4.53. The monoisotopic (exact) mass is 422 g/mol. The van der Waals surface area contributed by atoms with Crippen molar-refractivity contribution in [2.45, 2.75) is 58.0 Å². The lowest BCUT2D eigenvalue weighted by atomic mass is 9.78. The van der Waals surface area contributed by atoms with Crippen LogP contribution < -0.4 is 4.74 Å². The van der Waals surface area contributed by atoms with Gasteiger partial charge in [-0.15, -0.1) is 0 Å². The van der Waals surface area contributed by atoms with E-state index in [9.17, 15) is 14.3 Å². The molecule has 0 aliphatic heterocycles. The molecule has 4 rings (SSSR count). The largest absolute Gasteiger partial charge is 0.489 e. The molecule has 2 aromatic carbocycles. The van der Waals surface area contributed by atoms with E-state index in [0.29, 0.717) is 36.1 Å². The highest BCUT2D eigenvalue weighted by Crippen LogP contribution is 2.43. The van der Waals surface area contributed by atoms with Crippen LogP contribution in [-0.4, -0.2) is 20.6 Å². The number of aliphatic carboxylic acids is 1. The zero-order valence-corrected chi connectivity index (χ0v) is 17.9. The Kier molecular flexibility index (Phi) is 5.81. The van der Waals surface area contributed by atoms with Crippen LogP contribution in [0.25, 0.3) is 5.69 Å². The van der Waals surface area contributed by atoms with Gasteiger partial charge in [0.15, 0.2) is 0 Å². The second kappa shape index (κ2) is 8.53. The summed E-state index contributed by atoms with van der Waals surface area (Å²) in [5, 5.41) is 9.89. The lowest BCUT2D eigenvalue weighted by molar-refractivity contribution is -0.143. The Balaban J connectivity index is 1.58. The van der Waals surface area contributed by atoms with Gasteiger partial charge < -0.3 is 14.4 Å². The van der Waals surface area contributed by atoms with Crippen LogP contribution in [0, 0.1) is 12.7 Å². The molecule has 1 N–H and O–H groups in total. The summed E-state index contributed by atoms with van der Waals surface area (Å²) in [4.78, 5) is 16.3. The first-order valence-electron chi connectivity index (χ1n) is 10.7. The van der Waals surface area contributed by atoms with E-state index in [-0.39, 0.29) is 6.61 Å². The molecule has 162 valence electrons. The highest BCUT2D eigenvalue weighted by atomic mass is 19.1. The van der Waals surface area contributed by atoms with E-state index >= 15 is 0 Å². The van der Waals surface area contributed by atoms with E-state index in [0.717, 1.165) is 29.9 Å². The second-order valence-electron chi connectivity index (χ2n) is 8.18. The van der Waals surface area contributed by atoms with Crippen molar-refractivity contribution >= 4 is 5.97 Å². The number of rotatable bonds is 7. The molecule has 0 amide bonds. The molecular formula is C25H27FN2O3. The lowest BCUT2D eigenvalue weighted by Gasteiger charge is -2.26. The molecule has 0 bridgehead atoms. The number of ether oxygens (including phenoxy) is 1. The van der Waals surface area contributed by atoms with Crippen LogP contribution in [0.1, 0.15) is 55.1 Å². The first-order chi connectivity index (χ1) is 14.9. The van der Waals surface area contributed by atoms with Gasteiger partial charge in [-0.3, -0.25) is 4.79 Å². The van der Waals surface area contributed by atoms with Crippen LogP contribution >= 0.6 is 0 Å². The molecular weight excluding hydrogens is 395 g/mol. The topological polar surface area (TPSA) is 64.3 Å². The van der Waals surface area contributed by atoms with E-state index in [1.165, 1.54) is 6.07 Å². The summed E-state index contributed by atoms with van der Waals surface area (Å²) in [6.07, 6.45) is 6.87. The molecule has 1 aliphatic carbocycles. The molecule has 3 aromatic rings. The lowest BCUT2D eigenvalue weighted by Crippen LogP contribution is -2.32. The average molecular weight is 423 g/mol. The van der Waals surface area contributed by atoms with Crippen LogP contribution in [0.3, 0.4) is 0 Å². The maximum Gasteiger partial charge on any atom is 0.314 e. The summed E-state index contributed by atoms with van der Waals surface area (Å²) in [7, 11) is 0. The fraction of sp³-hybridized carbons (Fsp3) is 0.360. The number of hydrogen-bond acceptors (Lipinski definition) is 3. The summed E-state index contributed by atoms with van der Waals surface area (Å²) in [5.41, 5.74) is 1.92. The summed E-state index contributed by atoms with van der Waals surface area (Å²) < 4.78 is 22.9. The van der Waals surface area contributed by atoms with E-state index < -0.39 is 17.2 Å². The molecule has 5 nitrogen and oxygen atoms in total. The van der Waals surface area contributed by atoms with Crippen LogP contribution in [-0.2, 0) is 23.2 Å². The number of carboxylic acid groups (broad SMARTS) is 1. The predicted molar refractivity (Wildman–Crippen MR) is 116 cm³/mol. The van der Waals surface area contributed by atoms with Gasteiger partial charge in [0, 0.05) is 23.6 Å². The number of halogens is 1. The third kappa shape index (κ3) is 3.94. The molecule has 31 heavy (non-hydrogen) atoms. The Bertz CT molecular complexity index is 1080. The van der Waals surface area contributed by atoms with Crippen molar-refractivity contribution in [1.29, 1.82) is 0 Å². The van der Waals surface area contributed by atoms with E-state index in [4.69, 9.17) is 4.74 Å². The first kappa shape index (κ1) is 21.1. The minimum atomic E-state index is -1.02. The molecule has 1 aromatic heterocycles. The number of carboxylic acids is 1. The maximum atomic E-state index is 14.9. The zero-order chi connectivity index (χ0) is 22.0. The first-order valence-corrected chi connectivity index (χ1v) is 10.7. The Morgan fingerprint density at radius 1 is 1.23 bits per heavy atom. The molecule has 0 radical (unpaired) electrons. The second-order valence-corrected chi connectivity index (χ2v) is 8.18. The van der Waals surface area contributed by atoms with Crippen molar-refractivity contribution in [1.82, 2.24) is 9.55 Å². The number of imidazole rings is 1. The maximum absolute atomic E-state index is 14.9. The molecule has 6 heteroatoms. The third-order valence-electron chi connectivity index (χ3n) is 6.36. The van der Waals surface area contributed by atoms with Gasteiger partial charge in [-0.2, -0.15) is 0 Å². The number of aryl methyl sites for hydroxylation is 1. The van der Waals surface area contributed by atoms with Gasteiger partial charge >= 0.3 is 5.97 Å². The standard InChI is InChI=1S/C25H27FN2O3/c1-3-21-22(26)14-19(25(24(29)30)10-4-5-11-25)15-23(21)31-16-18-6-8-20(9-7-18)28-13-12-27-17(28)2/h6-9,12-15H,3-5,10-11,16H2,1-2H3,(H,29,30). The van der Waals surface area contributed by atoms with Crippen LogP contribution in [0.15, 0.2) is 48.8 Å². The van der Waals surface area contributed by atoms with Crippen LogP contribution in [0.4, 0.5) is 4.39 Å². The minimum absolute atomic E-state index is 0.277. The molecule has 0 unspecified atom stereocenters. The Labute approximate surface area is 181 Å². The average Bonchev–Trinajstić information content (AvgIpc) is 3.42. The summed E-state index contributed by atoms with van der Waals surface area (Å²) in [5.74, 6) is 0.0566. The van der Waals surface area contributed by atoms with Crippen LogP contribution in [0.2, 0.25) is 0 Å². The van der Waals surface area contributed by atoms with Crippen molar-refractivity contribution in [3.63, 3.8) is 0 Å². The van der Waals surface area contributed by atoms with E-state index in [1.54, 1.807) is 12.3 Å². The van der Waals surface area contributed by atoms with Gasteiger partial charge in [-0.05, 0) is 61.6 Å². The molecule has 0 saturated heterocycles. The highest BCUT2D eigenvalue weighted by Gasteiger charge is 2.43. The quantitative estimate of drug-likeness (QED) is 0.557. The Morgan fingerprint density at radius 2 is 1.94 bits per heavy atom. The minimum Gasteiger partial charge on any atom is -0.489 e. The normalized spacial score (nSPS) is 15.2. The molecule has 0 spiro atoms. The Morgan fingerprint density at radius 3 is 2.52 bits per heavy atom. The van der Waals surface area contributed by atoms with Crippen molar-refractivity contribution in [2.75, 3.05) is 0 Å². The highest BCUT2D eigenvalue weighted by molar-refractivity contribution is 5.82. The van der Waals surface area contributed by atoms with E-state index in [2.05, 4.69) is 4.98 Å². The van der Waals surface area contributed by atoms with Crippen LogP contribution in [0.5, 0.6) is 5.75 Å². The van der Waals surface area contributed by atoms with Gasteiger partial charge in [0.2, 0.25) is 0 Å². The Hall–Kier alpha value is -3.15. The third-order valence-corrected chi connectivity index (χ3v) is 6.36. The van der Waals surface area contributed by atoms with Gasteiger partial charge in [0.1, 0.15) is 24.0 Å². The SMILES string of the molecule is CCc1c(F)cc(C2(C(=O)O)CCCC2)cc1OCc1ccc(-n2ccnc2C)cc1. The van der Waals surface area contributed by atoms with Gasteiger partial charge in [-0.25, -0.2) is 9.37 Å². The molecule has 1 aliphatic rings. The van der Waals surface area contributed by atoms with Gasteiger partial charge in [0.25, 0.3) is 0 Å². The molecule has 0 atom stereocenters. The summed E-state index contributed by atoms with van der Waals surface area (Å²) in [6.45, 7) is 4.09. The van der Waals surface area contributed by atoms with E-state index in [1.807, 2.05) is 48.9 Å². The molecule has 1 heterocycles. The smallest absolute Gasteiger partial charge is 0.314 e. The van der Waals surface area contributed by atoms with Gasteiger partial charge in [0.05, 0.1) is 5.41 Å². The number of hydrogen-bond donors (Lipinski definition) is 1. The molecule has 1 fully saturated rings. The number of carbonyl (C=O) groups is 1. The summed E-state index contributed by atoms with van der Waals surface area (Å²) in [6, 6.07) is 11.1. The number of benzene rings is 2.